The number of aromatic nitrogens is 1. The summed E-state index contributed by atoms with van der Waals surface area (Å²) in [5, 5.41) is 0. The van der Waals surface area contributed by atoms with E-state index in [-0.39, 0.29) is 52.4 Å². The first-order chi connectivity index (χ1) is 9.29. The van der Waals surface area contributed by atoms with Crippen LogP contribution in [-0.4, -0.2) is 15.2 Å². The summed E-state index contributed by atoms with van der Waals surface area (Å²) in [6.07, 6.45) is 18.1. The normalized spacial score (nSPS) is 15.3. The molecule has 0 bridgehead atoms. The molecule has 1 aromatic heterocycles. The average Bonchev–Trinajstić information content (AvgIpc) is 2.94. The van der Waals surface area contributed by atoms with Gasteiger partial charge in [-0.05, 0) is 5.83 Å². The first-order valence-electron chi connectivity index (χ1n) is 6.82. The first kappa shape index (κ1) is 26.9. The van der Waals surface area contributed by atoms with Crippen molar-refractivity contribution in [2.45, 2.75) is 44.1 Å². The zero-order chi connectivity index (χ0) is 13.8. The molecule has 6 heteroatoms. The van der Waals surface area contributed by atoms with Gasteiger partial charge in [-0.2, -0.15) is 30.4 Å². The van der Waals surface area contributed by atoms with E-state index >= 15 is 0 Å². The summed E-state index contributed by atoms with van der Waals surface area (Å²) in [7, 11) is 2.18. The van der Waals surface area contributed by atoms with Crippen molar-refractivity contribution in [2.24, 2.45) is 0 Å². The quantitative estimate of drug-likeness (QED) is 0.459. The topological polar surface area (TPSA) is 12.9 Å². The van der Waals surface area contributed by atoms with Crippen molar-refractivity contribution in [3.63, 3.8) is 0 Å². The summed E-state index contributed by atoms with van der Waals surface area (Å²) in [4.78, 5) is 3.66. The third-order valence-corrected chi connectivity index (χ3v) is 3.71. The van der Waals surface area contributed by atoms with Crippen LogP contribution in [0.5, 0.6) is 0 Å². The largest absolute Gasteiger partial charge is 2.00 e. The van der Waals surface area contributed by atoms with Gasteiger partial charge in [0.25, 0.3) is 0 Å². The Kier molecular flexibility index (Phi) is 23.4. The van der Waals surface area contributed by atoms with Crippen molar-refractivity contribution < 1.29 is 26.1 Å². The van der Waals surface area contributed by atoms with E-state index < -0.39 is 0 Å². The van der Waals surface area contributed by atoms with Gasteiger partial charge in [0.2, 0.25) is 0 Å². The number of hydrogen-bond donors (Lipinski definition) is 0. The van der Waals surface area contributed by atoms with Crippen LogP contribution in [0.1, 0.15) is 38.5 Å². The van der Waals surface area contributed by atoms with Gasteiger partial charge in [0.1, 0.15) is 0 Å². The van der Waals surface area contributed by atoms with Gasteiger partial charge in [-0.15, -0.1) is 31.2 Å². The summed E-state index contributed by atoms with van der Waals surface area (Å²) < 4.78 is 11.6. The third kappa shape index (κ3) is 16.4. The second kappa shape index (κ2) is 19.1. The molecule has 0 amide bonds. The summed E-state index contributed by atoms with van der Waals surface area (Å²) in [5.74, 6) is -0.227. The molecule has 0 aromatic carbocycles. The number of allylic oxidation sites excluding steroid dienone is 4. The number of rotatable bonds is 0. The predicted molar refractivity (Wildman–Crippen MR) is 94.6 cm³/mol. The van der Waals surface area contributed by atoms with E-state index in [0.29, 0.717) is 6.42 Å². The van der Waals surface area contributed by atoms with Gasteiger partial charge < -0.3 is 4.98 Å². The maximum absolute atomic E-state index is 11.6. The van der Waals surface area contributed by atoms with E-state index in [4.69, 9.17) is 0 Å². The Balaban J connectivity index is -0.000000231. The first-order valence-corrected chi connectivity index (χ1v) is 7.63. The van der Waals surface area contributed by atoms with Gasteiger partial charge >= 0.3 is 21.7 Å². The van der Waals surface area contributed by atoms with Crippen LogP contribution in [-0.2, 0) is 21.7 Å². The Morgan fingerprint density at radius 2 is 1.82 bits per heavy atom. The van der Waals surface area contributed by atoms with Crippen molar-refractivity contribution in [2.75, 3.05) is 0 Å². The van der Waals surface area contributed by atoms with Gasteiger partial charge in [-0.1, -0.05) is 50.0 Å². The van der Waals surface area contributed by atoms with Crippen LogP contribution in [0.25, 0.3) is 0 Å². The van der Waals surface area contributed by atoms with Crippen LogP contribution in [0.4, 0.5) is 4.39 Å². The summed E-state index contributed by atoms with van der Waals surface area (Å²) in [6.45, 7) is 0. The molecule has 0 saturated heterocycles. The fraction of sp³-hybridized carbons (Fsp3) is 0.438. The van der Waals surface area contributed by atoms with E-state index in [1.165, 1.54) is 38.2 Å². The standard InChI is InChI=1S/C6H13Si.C5H4F.C5H4N.2ClH.Ti/c7-6-4-2-1-3-5-6;6-5-3-1-2-4-5;1-2-4-6-5-3-1;;;/h6H,1-5,7H2;1,3H,2H2;1-4H;2*1H;/q;2*-1;;;+2. The molecule has 0 unspecified atom stereocenters. The number of nitrogens with zero attached hydrogens (tertiary/aromatic N) is 1. The minimum Gasteiger partial charge on any atom is -0.394 e. The molecule has 3 rings (SSSR count). The molecule has 1 saturated carbocycles. The fourth-order valence-corrected chi connectivity index (χ4v) is 2.42. The monoisotopic (exact) mass is 394 g/mol. The summed E-state index contributed by atoms with van der Waals surface area (Å²) in [5.41, 5.74) is 1.06. The van der Waals surface area contributed by atoms with E-state index in [9.17, 15) is 4.39 Å². The maximum atomic E-state index is 11.6. The number of pyridine rings is 1. The number of hydrogen-bond acceptors (Lipinski definition) is 1. The van der Waals surface area contributed by atoms with Gasteiger partial charge in [-0.3, -0.25) is 0 Å². The summed E-state index contributed by atoms with van der Waals surface area (Å²) >= 11 is 0. The molecule has 1 radical (unpaired) electrons. The Hall–Kier alpha value is 0.0712. The third-order valence-electron chi connectivity index (χ3n) is 2.89. The van der Waals surface area contributed by atoms with E-state index in [1.807, 2.05) is 12.1 Å². The SMILES string of the molecule is Cl.Cl.FC1=[C-]CC=C1.[SiH2]C1CCCCC1.[Ti+2].[c-]1ccccn1. The van der Waals surface area contributed by atoms with Crippen molar-refractivity contribution in [1.29, 1.82) is 0 Å². The molecule has 0 atom stereocenters. The zero-order valence-electron chi connectivity index (χ0n) is 12.6. The molecule has 121 valence electrons. The molecule has 2 aliphatic carbocycles. The Labute approximate surface area is 164 Å². The van der Waals surface area contributed by atoms with Gasteiger partial charge in [0, 0.05) is 10.2 Å². The molecule has 2 aliphatic rings. The van der Waals surface area contributed by atoms with Crippen molar-refractivity contribution in [1.82, 2.24) is 4.98 Å². The van der Waals surface area contributed by atoms with Crippen molar-refractivity contribution in [3.05, 3.63) is 54.6 Å². The molecular formula is C16H23Cl2FNSiTi. The molecule has 0 N–H and O–H groups in total. The molecule has 1 nitrogen and oxygen atoms in total. The van der Waals surface area contributed by atoms with E-state index in [2.05, 4.69) is 27.5 Å². The minimum atomic E-state index is -0.227. The molecule has 0 aliphatic heterocycles. The average molecular weight is 395 g/mol. The smallest absolute Gasteiger partial charge is 0.394 e. The molecule has 1 aromatic rings. The van der Waals surface area contributed by atoms with Crippen molar-refractivity contribution >= 4 is 35.1 Å². The Morgan fingerprint density at radius 1 is 1.14 bits per heavy atom. The van der Waals surface area contributed by atoms with E-state index in [1.54, 1.807) is 18.3 Å². The van der Waals surface area contributed by atoms with Gasteiger partial charge in [0.15, 0.2) is 0 Å². The Morgan fingerprint density at radius 3 is 2.00 bits per heavy atom. The molecule has 1 fully saturated rings. The van der Waals surface area contributed by atoms with Crippen LogP contribution in [0.3, 0.4) is 0 Å². The zero-order valence-corrected chi connectivity index (χ0v) is 17.2. The minimum absolute atomic E-state index is 0. The van der Waals surface area contributed by atoms with Gasteiger partial charge in [0.05, 0.1) is 0 Å². The van der Waals surface area contributed by atoms with Crippen LogP contribution in [0, 0.1) is 12.3 Å². The second-order valence-corrected chi connectivity index (χ2v) is 5.75. The fourth-order valence-electron chi connectivity index (χ4n) is 1.84. The Bertz CT molecular complexity index is 356. The predicted octanol–water partition coefficient (Wildman–Crippen LogP) is 4.70. The second-order valence-electron chi connectivity index (χ2n) is 4.59. The molecule has 0 spiro atoms. The molecule has 22 heavy (non-hydrogen) atoms. The van der Waals surface area contributed by atoms with Crippen LogP contribution >= 0.6 is 24.8 Å². The van der Waals surface area contributed by atoms with Crippen LogP contribution in [0.2, 0.25) is 5.54 Å². The van der Waals surface area contributed by atoms with Gasteiger partial charge in [-0.25, -0.2) is 10.5 Å². The van der Waals surface area contributed by atoms with Crippen LogP contribution in [0.15, 0.2) is 42.4 Å². The van der Waals surface area contributed by atoms with Crippen LogP contribution < -0.4 is 0 Å². The maximum Gasteiger partial charge on any atom is 2.00 e. The molecular weight excluding hydrogens is 372 g/mol. The molecule has 1 heterocycles. The summed E-state index contributed by atoms with van der Waals surface area (Å²) in [6, 6.07) is 5.50. The van der Waals surface area contributed by atoms with Crippen molar-refractivity contribution in [3.8, 4) is 0 Å². The van der Waals surface area contributed by atoms with E-state index in [0.717, 1.165) is 5.54 Å². The number of halogens is 3.